The van der Waals surface area contributed by atoms with Crippen LogP contribution in [-0.4, -0.2) is 14.3 Å². The first-order valence-corrected chi connectivity index (χ1v) is 5.83. The lowest BCUT2D eigenvalue weighted by molar-refractivity contribution is -0.114. The van der Waals surface area contributed by atoms with Gasteiger partial charge in [0, 0.05) is 6.92 Å². The minimum absolute atomic E-state index is 0.0243. The van der Waals surface area contributed by atoms with Gasteiger partial charge >= 0.3 is 0 Å². The van der Waals surface area contributed by atoms with Crippen molar-refractivity contribution in [2.24, 2.45) is 5.14 Å². The number of hydrogen-bond acceptors (Lipinski definition) is 3. The molecular formula is C8H9ClN2O3S. The van der Waals surface area contributed by atoms with Crippen LogP contribution in [0.3, 0.4) is 0 Å². The Kier molecular flexibility index (Phi) is 3.33. The second kappa shape index (κ2) is 4.18. The molecule has 0 aliphatic rings. The van der Waals surface area contributed by atoms with E-state index in [0.717, 1.165) is 0 Å². The standard InChI is InChI=1S/C8H9ClN2O3S/c1-5(12)11-7-4-2-3-6(9)8(7)15(10,13)14/h2-4H,1H3,(H,11,12)(H2,10,13,14). The van der Waals surface area contributed by atoms with Gasteiger partial charge in [0.15, 0.2) is 0 Å². The largest absolute Gasteiger partial charge is 0.325 e. The number of anilines is 1. The molecule has 82 valence electrons. The quantitative estimate of drug-likeness (QED) is 0.816. The fraction of sp³-hybridized carbons (Fsp3) is 0.125. The lowest BCUT2D eigenvalue weighted by Gasteiger charge is -2.09. The molecule has 1 aromatic rings. The number of hydrogen-bond donors (Lipinski definition) is 2. The Morgan fingerprint density at radius 2 is 2.07 bits per heavy atom. The summed E-state index contributed by atoms with van der Waals surface area (Å²) in [6, 6.07) is 4.31. The summed E-state index contributed by atoms with van der Waals surface area (Å²) in [5.74, 6) is -0.401. The van der Waals surface area contributed by atoms with E-state index in [-0.39, 0.29) is 15.6 Å². The van der Waals surface area contributed by atoms with E-state index in [2.05, 4.69) is 5.32 Å². The van der Waals surface area contributed by atoms with Gasteiger partial charge in [-0.25, -0.2) is 13.6 Å². The molecule has 0 saturated carbocycles. The van der Waals surface area contributed by atoms with Crippen LogP contribution in [0.25, 0.3) is 0 Å². The van der Waals surface area contributed by atoms with Crippen LogP contribution in [0.5, 0.6) is 0 Å². The highest BCUT2D eigenvalue weighted by Crippen LogP contribution is 2.27. The van der Waals surface area contributed by atoms with Crippen molar-refractivity contribution < 1.29 is 13.2 Å². The Balaban J connectivity index is 3.40. The molecule has 1 rings (SSSR count). The van der Waals surface area contributed by atoms with Crippen molar-refractivity contribution in [3.63, 3.8) is 0 Å². The van der Waals surface area contributed by atoms with E-state index in [1.165, 1.54) is 25.1 Å². The van der Waals surface area contributed by atoms with E-state index in [0.29, 0.717) is 0 Å². The minimum atomic E-state index is -3.96. The molecule has 1 amide bonds. The van der Waals surface area contributed by atoms with E-state index >= 15 is 0 Å². The molecular weight excluding hydrogens is 240 g/mol. The van der Waals surface area contributed by atoms with Gasteiger partial charge < -0.3 is 5.32 Å². The Labute approximate surface area is 92.3 Å². The molecule has 0 radical (unpaired) electrons. The maximum absolute atomic E-state index is 11.2. The number of primary sulfonamides is 1. The second-order valence-corrected chi connectivity index (χ2v) is 4.75. The highest BCUT2D eigenvalue weighted by Gasteiger charge is 2.18. The predicted molar refractivity (Wildman–Crippen MR) is 57.1 cm³/mol. The van der Waals surface area contributed by atoms with Gasteiger partial charge in [-0.3, -0.25) is 4.79 Å². The number of nitrogens with two attached hydrogens (primary N) is 1. The van der Waals surface area contributed by atoms with Gasteiger partial charge in [-0.2, -0.15) is 0 Å². The smallest absolute Gasteiger partial charge is 0.241 e. The fourth-order valence-corrected chi connectivity index (χ4v) is 2.35. The van der Waals surface area contributed by atoms with Crippen LogP contribution in [-0.2, 0) is 14.8 Å². The van der Waals surface area contributed by atoms with E-state index < -0.39 is 15.9 Å². The van der Waals surface area contributed by atoms with Crippen LogP contribution >= 0.6 is 11.6 Å². The Morgan fingerprint density at radius 1 is 1.47 bits per heavy atom. The van der Waals surface area contributed by atoms with Gasteiger partial charge in [0.2, 0.25) is 15.9 Å². The molecule has 0 unspecified atom stereocenters. The summed E-state index contributed by atoms with van der Waals surface area (Å²) < 4.78 is 22.4. The van der Waals surface area contributed by atoms with Crippen molar-refractivity contribution in [3.8, 4) is 0 Å². The van der Waals surface area contributed by atoms with Gasteiger partial charge in [0.05, 0.1) is 10.7 Å². The van der Waals surface area contributed by atoms with Gasteiger partial charge in [-0.1, -0.05) is 17.7 Å². The average molecular weight is 249 g/mol. The summed E-state index contributed by atoms with van der Waals surface area (Å²) in [5, 5.41) is 7.28. The Hall–Kier alpha value is -1.11. The van der Waals surface area contributed by atoms with Gasteiger partial charge in [0.25, 0.3) is 0 Å². The van der Waals surface area contributed by atoms with Crippen molar-refractivity contribution in [2.45, 2.75) is 11.8 Å². The summed E-state index contributed by atoms with van der Waals surface area (Å²) in [7, 11) is -3.96. The summed E-state index contributed by atoms with van der Waals surface area (Å²) in [6.07, 6.45) is 0. The zero-order valence-corrected chi connectivity index (χ0v) is 9.39. The molecule has 1 aromatic carbocycles. The Morgan fingerprint density at radius 3 is 2.53 bits per heavy atom. The van der Waals surface area contributed by atoms with E-state index in [4.69, 9.17) is 16.7 Å². The predicted octanol–water partition coefficient (Wildman–Crippen LogP) is 0.946. The van der Waals surface area contributed by atoms with Crippen LogP contribution in [0.15, 0.2) is 23.1 Å². The highest BCUT2D eigenvalue weighted by atomic mass is 35.5. The van der Waals surface area contributed by atoms with Gasteiger partial charge in [0.1, 0.15) is 4.90 Å². The molecule has 3 N–H and O–H groups in total. The third kappa shape index (κ3) is 2.92. The number of benzene rings is 1. The number of amides is 1. The van der Waals surface area contributed by atoms with Gasteiger partial charge in [-0.15, -0.1) is 0 Å². The monoisotopic (exact) mass is 248 g/mol. The van der Waals surface area contributed by atoms with Crippen LogP contribution in [0.4, 0.5) is 5.69 Å². The first-order chi connectivity index (χ1) is 6.82. The summed E-state index contributed by atoms with van der Waals surface area (Å²) in [5.41, 5.74) is 0.0810. The number of sulfonamides is 1. The highest BCUT2D eigenvalue weighted by molar-refractivity contribution is 7.89. The normalized spacial score (nSPS) is 11.1. The van der Waals surface area contributed by atoms with Crippen molar-refractivity contribution in [3.05, 3.63) is 23.2 Å². The lowest BCUT2D eigenvalue weighted by atomic mass is 10.3. The topological polar surface area (TPSA) is 89.3 Å². The lowest BCUT2D eigenvalue weighted by Crippen LogP contribution is -2.17. The van der Waals surface area contributed by atoms with Crippen molar-refractivity contribution in [1.29, 1.82) is 0 Å². The van der Waals surface area contributed by atoms with Crippen LogP contribution in [0, 0.1) is 0 Å². The molecule has 0 aromatic heterocycles. The first-order valence-electron chi connectivity index (χ1n) is 3.91. The van der Waals surface area contributed by atoms with Crippen molar-refractivity contribution in [2.75, 3.05) is 5.32 Å². The minimum Gasteiger partial charge on any atom is -0.325 e. The van der Waals surface area contributed by atoms with E-state index in [1.807, 2.05) is 0 Å². The zero-order valence-electron chi connectivity index (χ0n) is 7.82. The van der Waals surface area contributed by atoms with Crippen molar-refractivity contribution in [1.82, 2.24) is 0 Å². The van der Waals surface area contributed by atoms with Crippen LogP contribution < -0.4 is 10.5 Å². The van der Waals surface area contributed by atoms with E-state index in [1.54, 1.807) is 0 Å². The van der Waals surface area contributed by atoms with Crippen molar-refractivity contribution >= 4 is 33.2 Å². The van der Waals surface area contributed by atoms with Crippen LogP contribution in [0.2, 0.25) is 5.02 Å². The number of carbonyl (C=O) groups is 1. The van der Waals surface area contributed by atoms with E-state index in [9.17, 15) is 13.2 Å². The zero-order chi connectivity index (χ0) is 11.6. The molecule has 0 spiro atoms. The molecule has 0 atom stereocenters. The summed E-state index contributed by atoms with van der Waals surface area (Å²) in [6.45, 7) is 1.26. The molecule has 0 aliphatic carbocycles. The third-order valence-corrected chi connectivity index (χ3v) is 3.00. The number of nitrogens with one attached hydrogen (secondary N) is 1. The summed E-state index contributed by atoms with van der Waals surface area (Å²) >= 11 is 5.69. The third-order valence-electron chi connectivity index (χ3n) is 1.56. The summed E-state index contributed by atoms with van der Waals surface area (Å²) in [4.78, 5) is 10.5. The number of halogens is 1. The maximum atomic E-state index is 11.2. The van der Waals surface area contributed by atoms with Gasteiger partial charge in [-0.05, 0) is 12.1 Å². The molecule has 5 nitrogen and oxygen atoms in total. The molecule has 0 aliphatic heterocycles. The molecule has 0 fully saturated rings. The Bertz CT molecular complexity index is 499. The molecule has 15 heavy (non-hydrogen) atoms. The molecule has 0 saturated heterocycles. The first kappa shape index (κ1) is 12.0. The molecule has 7 heteroatoms. The fourth-order valence-electron chi connectivity index (χ4n) is 1.09. The van der Waals surface area contributed by atoms with Crippen LogP contribution in [0.1, 0.15) is 6.92 Å². The number of carbonyl (C=O) groups excluding carboxylic acids is 1. The SMILES string of the molecule is CC(=O)Nc1cccc(Cl)c1S(N)(=O)=O. The molecule has 0 heterocycles. The maximum Gasteiger partial charge on any atom is 0.241 e. The number of rotatable bonds is 2. The average Bonchev–Trinajstić information content (AvgIpc) is 1.99. The molecule has 0 bridgehead atoms. The second-order valence-electron chi connectivity index (χ2n) is 2.84.